The first-order chi connectivity index (χ1) is 8.98. The Balaban J connectivity index is 1.84. The molecule has 1 aromatic carbocycles. The number of hydrogen-bond acceptors (Lipinski definition) is 3. The molecule has 0 aliphatic heterocycles. The lowest BCUT2D eigenvalue weighted by atomic mass is 9.78. The summed E-state index contributed by atoms with van der Waals surface area (Å²) in [7, 11) is -3.14. The highest BCUT2D eigenvalue weighted by atomic mass is 32.2. The molecule has 0 saturated heterocycles. The minimum Gasteiger partial charge on any atom is -0.324 e. The fourth-order valence-electron chi connectivity index (χ4n) is 3.41. The van der Waals surface area contributed by atoms with Gasteiger partial charge in [0.15, 0.2) is 9.84 Å². The van der Waals surface area contributed by atoms with Crippen LogP contribution in [0.3, 0.4) is 0 Å². The monoisotopic (exact) mass is 279 g/mol. The first kappa shape index (κ1) is 13.1. The van der Waals surface area contributed by atoms with Crippen LogP contribution in [-0.2, 0) is 9.84 Å². The molecular formula is C15H21NO2S. The molecule has 2 atom stereocenters. The topological polar surface area (TPSA) is 60.2 Å². The molecule has 0 heterocycles. The molecule has 3 rings (SSSR count). The van der Waals surface area contributed by atoms with Crippen LogP contribution in [-0.4, -0.2) is 14.2 Å². The molecule has 2 N–H and O–H groups in total. The van der Waals surface area contributed by atoms with Gasteiger partial charge in [-0.05, 0) is 48.3 Å². The van der Waals surface area contributed by atoms with E-state index in [0.717, 1.165) is 5.56 Å². The normalized spacial score (nSPS) is 25.9. The summed E-state index contributed by atoms with van der Waals surface area (Å²) >= 11 is 0. The minimum absolute atomic E-state index is 0.00712. The number of rotatable bonds is 4. The molecule has 4 heteroatoms. The molecule has 2 aliphatic carbocycles. The Labute approximate surface area is 115 Å². The van der Waals surface area contributed by atoms with E-state index in [0.29, 0.717) is 16.2 Å². The SMILES string of the molecule is CCS(=O)(=O)c1cccc(C(N)C2CC23CCC3)c1. The Morgan fingerprint density at radius 2 is 2.16 bits per heavy atom. The maximum absolute atomic E-state index is 11.9. The maximum atomic E-state index is 11.9. The molecule has 1 spiro atoms. The van der Waals surface area contributed by atoms with E-state index >= 15 is 0 Å². The summed E-state index contributed by atoms with van der Waals surface area (Å²) in [6.07, 6.45) is 5.16. The fraction of sp³-hybridized carbons (Fsp3) is 0.600. The number of sulfone groups is 1. The van der Waals surface area contributed by atoms with Gasteiger partial charge in [-0.25, -0.2) is 8.42 Å². The van der Waals surface area contributed by atoms with Crippen LogP contribution in [0.25, 0.3) is 0 Å². The van der Waals surface area contributed by atoms with Crippen molar-refractivity contribution in [2.75, 3.05) is 5.75 Å². The van der Waals surface area contributed by atoms with Crippen LogP contribution in [0.5, 0.6) is 0 Å². The predicted octanol–water partition coefficient (Wildman–Crippen LogP) is 2.67. The highest BCUT2D eigenvalue weighted by molar-refractivity contribution is 7.91. The third-order valence-corrected chi connectivity index (χ3v) is 6.75. The van der Waals surface area contributed by atoms with E-state index in [4.69, 9.17) is 5.73 Å². The Morgan fingerprint density at radius 1 is 1.42 bits per heavy atom. The zero-order valence-corrected chi connectivity index (χ0v) is 12.1. The van der Waals surface area contributed by atoms with Gasteiger partial charge in [0.1, 0.15) is 0 Å². The van der Waals surface area contributed by atoms with Crippen molar-refractivity contribution in [3.05, 3.63) is 29.8 Å². The van der Waals surface area contributed by atoms with Gasteiger partial charge < -0.3 is 5.73 Å². The summed E-state index contributed by atoms with van der Waals surface area (Å²) in [6, 6.07) is 7.21. The fourth-order valence-corrected chi connectivity index (χ4v) is 4.34. The van der Waals surface area contributed by atoms with Crippen molar-refractivity contribution < 1.29 is 8.42 Å². The second-order valence-corrected chi connectivity index (χ2v) is 8.31. The van der Waals surface area contributed by atoms with Gasteiger partial charge in [-0.2, -0.15) is 0 Å². The molecule has 19 heavy (non-hydrogen) atoms. The molecule has 0 radical (unpaired) electrons. The van der Waals surface area contributed by atoms with Crippen molar-refractivity contribution in [3.8, 4) is 0 Å². The molecular weight excluding hydrogens is 258 g/mol. The summed E-state index contributed by atoms with van der Waals surface area (Å²) in [5.74, 6) is 0.694. The Morgan fingerprint density at radius 3 is 2.68 bits per heavy atom. The van der Waals surface area contributed by atoms with E-state index in [-0.39, 0.29) is 11.8 Å². The van der Waals surface area contributed by atoms with Gasteiger partial charge in [0.25, 0.3) is 0 Å². The second-order valence-electron chi connectivity index (χ2n) is 6.03. The molecule has 2 fully saturated rings. The minimum atomic E-state index is -3.14. The average Bonchev–Trinajstić information content (AvgIpc) is 3.14. The summed E-state index contributed by atoms with van der Waals surface area (Å²) in [6.45, 7) is 1.67. The van der Waals surface area contributed by atoms with E-state index in [1.54, 1.807) is 19.1 Å². The van der Waals surface area contributed by atoms with Crippen molar-refractivity contribution >= 4 is 9.84 Å². The van der Waals surface area contributed by atoms with E-state index in [9.17, 15) is 8.42 Å². The number of nitrogens with two attached hydrogens (primary N) is 1. The van der Waals surface area contributed by atoms with E-state index in [2.05, 4.69) is 0 Å². The van der Waals surface area contributed by atoms with Crippen LogP contribution in [0.1, 0.15) is 44.2 Å². The molecule has 0 bridgehead atoms. The average molecular weight is 279 g/mol. The molecule has 3 nitrogen and oxygen atoms in total. The van der Waals surface area contributed by atoms with Crippen molar-refractivity contribution in [1.82, 2.24) is 0 Å². The lowest BCUT2D eigenvalue weighted by Gasteiger charge is -2.28. The Kier molecular flexibility index (Phi) is 2.98. The first-order valence-electron chi connectivity index (χ1n) is 7.07. The Bertz CT molecular complexity index is 590. The van der Waals surface area contributed by atoms with Crippen molar-refractivity contribution in [2.24, 2.45) is 17.1 Å². The third kappa shape index (κ3) is 2.11. The first-order valence-corrected chi connectivity index (χ1v) is 8.72. The van der Waals surface area contributed by atoms with Gasteiger partial charge in [0.2, 0.25) is 0 Å². The summed E-state index contributed by atoms with van der Waals surface area (Å²) in [4.78, 5) is 0.409. The predicted molar refractivity (Wildman–Crippen MR) is 75.5 cm³/mol. The van der Waals surface area contributed by atoms with Gasteiger partial charge in [0.05, 0.1) is 10.6 Å². The summed E-state index contributed by atoms with van der Waals surface area (Å²) in [5.41, 5.74) is 7.83. The van der Waals surface area contributed by atoms with Gasteiger partial charge in [-0.1, -0.05) is 25.5 Å². The van der Waals surface area contributed by atoms with Crippen LogP contribution >= 0.6 is 0 Å². The molecule has 104 valence electrons. The standard InChI is InChI=1S/C15H21NO2S/c1-2-19(17,18)12-6-3-5-11(9-12)14(16)13-10-15(13)7-4-8-15/h3,5-6,9,13-14H,2,4,7-8,10,16H2,1H3. The lowest BCUT2D eigenvalue weighted by molar-refractivity contribution is 0.246. The van der Waals surface area contributed by atoms with E-state index in [1.807, 2.05) is 12.1 Å². The zero-order chi connectivity index (χ0) is 13.7. The maximum Gasteiger partial charge on any atom is 0.178 e. The smallest absolute Gasteiger partial charge is 0.178 e. The summed E-state index contributed by atoms with van der Waals surface area (Å²) < 4.78 is 23.8. The highest BCUT2D eigenvalue weighted by Gasteiger charge is 2.59. The Hall–Kier alpha value is -0.870. The molecule has 1 aromatic rings. The van der Waals surface area contributed by atoms with Gasteiger partial charge in [-0.3, -0.25) is 0 Å². The number of hydrogen-bond donors (Lipinski definition) is 1. The number of benzene rings is 1. The van der Waals surface area contributed by atoms with Gasteiger partial charge in [0, 0.05) is 6.04 Å². The van der Waals surface area contributed by atoms with Crippen LogP contribution in [0.4, 0.5) is 0 Å². The van der Waals surface area contributed by atoms with Gasteiger partial charge in [-0.15, -0.1) is 0 Å². The lowest BCUT2D eigenvalue weighted by Crippen LogP contribution is -2.22. The van der Waals surface area contributed by atoms with Crippen molar-refractivity contribution in [3.63, 3.8) is 0 Å². The molecule has 0 amide bonds. The van der Waals surface area contributed by atoms with Crippen LogP contribution in [0.2, 0.25) is 0 Å². The second kappa shape index (κ2) is 4.32. The van der Waals surface area contributed by atoms with Crippen LogP contribution in [0, 0.1) is 11.3 Å². The van der Waals surface area contributed by atoms with Crippen molar-refractivity contribution in [1.29, 1.82) is 0 Å². The van der Waals surface area contributed by atoms with Gasteiger partial charge >= 0.3 is 0 Å². The quantitative estimate of drug-likeness (QED) is 0.921. The van der Waals surface area contributed by atoms with Crippen LogP contribution in [0.15, 0.2) is 29.2 Å². The third-order valence-electron chi connectivity index (χ3n) is 5.02. The van der Waals surface area contributed by atoms with E-state index in [1.165, 1.54) is 25.7 Å². The highest BCUT2D eigenvalue weighted by Crippen LogP contribution is 2.68. The zero-order valence-electron chi connectivity index (χ0n) is 11.3. The van der Waals surface area contributed by atoms with Crippen LogP contribution < -0.4 is 5.73 Å². The molecule has 2 saturated carbocycles. The molecule has 2 aliphatic rings. The summed E-state index contributed by atoms with van der Waals surface area (Å²) in [5, 5.41) is 0. The molecule has 2 unspecified atom stereocenters. The van der Waals surface area contributed by atoms with Crippen molar-refractivity contribution in [2.45, 2.75) is 43.5 Å². The van der Waals surface area contributed by atoms with E-state index < -0.39 is 9.84 Å². The molecule has 0 aromatic heterocycles. The largest absolute Gasteiger partial charge is 0.324 e.